The van der Waals surface area contributed by atoms with Crippen LogP contribution in [0.25, 0.3) is 0 Å². The Hall–Kier alpha value is -1.77. The molecule has 2 rings (SSSR count). The smallest absolute Gasteiger partial charge is 0.254 e. The number of benzene rings is 1. The van der Waals surface area contributed by atoms with E-state index in [-0.39, 0.29) is 5.91 Å². The molecule has 0 aromatic heterocycles. The van der Waals surface area contributed by atoms with Crippen molar-refractivity contribution in [2.45, 2.75) is 13.8 Å². The quantitative estimate of drug-likeness (QED) is 0.756. The van der Waals surface area contributed by atoms with Crippen molar-refractivity contribution in [3.63, 3.8) is 0 Å². The van der Waals surface area contributed by atoms with Gasteiger partial charge in [-0.3, -0.25) is 4.79 Å². The van der Waals surface area contributed by atoms with Gasteiger partial charge in [0.05, 0.1) is 6.54 Å². The zero-order valence-electron chi connectivity index (χ0n) is 11.4. The van der Waals surface area contributed by atoms with E-state index >= 15 is 0 Å². The summed E-state index contributed by atoms with van der Waals surface area (Å²) < 4.78 is 0. The van der Waals surface area contributed by atoms with Crippen molar-refractivity contribution in [3.05, 3.63) is 47.2 Å². The molecule has 96 valence electrons. The summed E-state index contributed by atoms with van der Waals surface area (Å²) in [5.41, 5.74) is 4.15. The van der Waals surface area contributed by atoms with Crippen LogP contribution in [0.1, 0.15) is 21.5 Å². The van der Waals surface area contributed by atoms with Crippen LogP contribution < -0.4 is 0 Å². The summed E-state index contributed by atoms with van der Waals surface area (Å²) in [7, 11) is 2.01. The summed E-state index contributed by atoms with van der Waals surface area (Å²) in [4.78, 5) is 16.4. The van der Waals surface area contributed by atoms with Crippen LogP contribution in [-0.2, 0) is 0 Å². The number of carbonyl (C=O) groups is 1. The lowest BCUT2D eigenvalue weighted by molar-refractivity contribution is 0.0713. The number of nitrogens with zero attached hydrogens (tertiary/aromatic N) is 2. The third-order valence-corrected chi connectivity index (χ3v) is 3.66. The number of hydrogen-bond acceptors (Lipinski definition) is 2. The van der Waals surface area contributed by atoms with E-state index in [9.17, 15) is 4.79 Å². The van der Waals surface area contributed by atoms with Gasteiger partial charge in [-0.1, -0.05) is 12.6 Å². The number of piperazine rings is 1. The molecule has 0 bridgehead atoms. The van der Waals surface area contributed by atoms with Gasteiger partial charge in [0.15, 0.2) is 0 Å². The predicted molar refractivity (Wildman–Crippen MR) is 73.6 cm³/mol. The number of aryl methyl sites for hydroxylation is 2. The molecule has 1 amide bonds. The van der Waals surface area contributed by atoms with Gasteiger partial charge in [0.25, 0.3) is 5.91 Å². The van der Waals surface area contributed by atoms with Crippen LogP contribution in [-0.4, -0.2) is 42.4 Å². The topological polar surface area (TPSA) is 23.6 Å². The number of likely N-dealkylation sites (N-methyl/N-ethyl adjacent to an activating group) is 1. The second-order valence-electron chi connectivity index (χ2n) is 5.01. The van der Waals surface area contributed by atoms with E-state index in [1.807, 2.05) is 37.1 Å². The van der Waals surface area contributed by atoms with Gasteiger partial charge in [-0.2, -0.15) is 0 Å². The molecule has 3 heteroatoms. The highest BCUT2D eigenvalue weighted by Gasteiger charge is 2.22. The van der Waals surface area contributed by atoms with Gasteiger partial charge in [0.2, 0.25) is 0 Å². The molecule has 0 N–H and O–H groups in total. The lowest BCUT2D eigenvalue weighted by Gasteiger charge is -2.35. The lowest BCUT2D eigenvalue weighted by atomic mass is 10.1. The van der Waals surface area contributed by atoms with E-state index in [1.54, 1.807) is 0 Å². The molecule has 18 heavy (non-hydrogen) atoms. The molecule has 1 aliphatic rings. The zero-order valence-corrected chi connectivity index (χ0v) is 11.4. The van der Waals surface area contributed by atoms with E-state index in [4.69, 9.17) is 0 Å². The van der Waals surface area contributed by atoms with Crippen molar-refractivity contribution in [3.8, 4) is 0 Å². The molecule has 1 aromatic carbocycles. The molecule has 0 saturated carbocycles. The van der Waals surface area contributed by atoms with Crippen molar-refractivity contribution in [2.75, 3.05) is 26.7 Å². The molecule has 0 atom stereocenters. The third kappa shape index (κ3) is 2.40. The Morgan fingerprint density at radius 1 is 1.22 bits per heavy atom. The number of carbonyl (C=O) groups excluding carboxylic acids is 1. The van der Waals surface area contributed by atoms with Crippen molar-refractivity contribution in [1.29, 1.82) is 0 Å². The third-order valence-electron chi connectivity index (χ3n) is 3.66. The maximum absolute atomic E-state index is 12.4. The average Bonchev–Trinajstić information content (AvgIpc) is 2.35. The van der Waals surface area contributed by atoms with E-state index in [0.717, 1.165) is 29.9 Å². The standard InChI is InChI=1S/C15H20N2O/c1-11-5-6-14(9-12(11)2)15(18)17-8-7-16(4)13(3)10-17/h5-6,9H,3,7-8,10H2,1-2,4H3. The fourth-order valence-electron chi connectivity index (χ4n) is 2.08. The van der Waals surface area contributed by atoms with E-state index in [0.29, 0.717) is 6.54 Å². The van der Waals surface area contributed by atoms with Gasteiger partial charge < -0.3 is 9.80 Å². The zero-order chi connectivity index (χ0) is 13.3. The fraction of sp³-hybridized carbons (Fsp3) is 0.400. The van der Waals surface area contributed by atoms with Crippen LogP contribution in [0.15, 0.2) is 30.5 Å². The fourth-order valence-corrected chi connectivity index (χ4v) is 2.08. The molecule has 1 saturated heterocycles. The van der Waals surface area contributed by atoms with Crippen LogP contribution in [0.3, 0.4) is 0 Å². The minimum absolute atomic E-state index is 0.104. The highest BCUT2D eigenvalue weighted by molar-refractivity contribution is 5.94. The second-order valence-corrected chi connectivity index (χ2v) is 5.01. The molecule has 1 fully saturated rings. The van der Waals surface area contributed by atoms with Gasteiger partial charge in [0.1, 0.15) is 0 Å². The summed E-state index contributed by atoms with van der Waals surface area (Å²) in [6, 6.07) is 5.89. The van der Waals surface area contributed by atoms with Crippen molar-refractivity contribution >= 4 is 5.91 Å². The first-order valence-electron chi connectivity index (χ1n) is 6.24. The minimum Gasteiger partial charge on any atom is -0.375 e. The van der Waals surface area contributed by atoms with E-state index in [1.165, 1.54) is 5.56 Å². The largest absolute Gasteiger partial charge is 0.375 e. The number of rotatable bonds is 1. The van der Waals surface area contributed by atoms with Crippen LogP contribution in [0.5, 0.6) is 0 Å². The highest BCUT2D eigenvalue weighted by atomic mass is 16.2. The van der Waals surface area contributed by atoms with Crippen molar-refractivity contribution < 1.29 is 4.79 Å². The maximum Gasteiger partial charge on any atom is 0.254 e. The van der Waals surface area contributed by atoms with Gasteiger partial charge in [0, 0.05) is 31.4 Å². The summed E-state index contributed by atoms with van der Waals surface area (Å²) >= 11 is 0. The van der Waals surface area contributed by atoms with Gasteiger partial charge in [-0.15, -0.1) is 0 Å². The molecule has 1 heterocycles. The van der Waals surface area contributed by atoms with Gasteiger partial charge in [-0.25, -0.2) is 0 Å². The Morgan fingerprint density at radius 3 is 2.56 bits per heavy atom. The Bertz CT molecular complexity index is 493. The van der Waals surface area contributed by atoms with Crippen LogP contribution >= 0.6 is 0 Å². The molecule has 1 aliphatic heterocycles. The molecule has 0 radical (unpaired) electrons. The molecule has 3 nitrogen and oxygen atoms in total. The normalized spacial score (nSPS) is 16.1. The molecule has 0 unspecified atom stereocenters. The Morgan fingerprint density at radius 2 is 1.94 bits per heavy atom. The molecular formula is C15H20N2O. The first-order valence-corrected chi connectivity index (χ1v) is 6.24. The Kier molecular flexibility index (Phi) is 3.41. The Labute approximate surface area is 109 Å². The first-order chi connectivity index (χ1) is 8.49. The monoisotopic (exact) mass is 244 g/mol. The van der Waals surface area contributed by atoms with Crippen molar-refractivity contribution in [1.82, 2.24) is 9.80 Å². The van der Waals surface area contributed by atoms with Crippen LogP contribution in [0.4, 0.5) is 0 Å². The minimum atomic E-state index is 0.104. The molecule has 0 spiro atoms. The number of amides is 1. The van der Waals surface area contributed by atoms with Gasteiger partial charge >= 0.3 is 0 Å². The van der Waals surface area contributed by atoms with E-state index < -0.39 is 0 Å². The molecular weight excluding hydrogens is 224 g/mol. The lowest BCUT2D eigenvalue weighted by Crippen LogP contribution is -2.45. The van der Waals surface area contributed by atoms with Crippen LogP contribution in [0, 0.1) is 13.8 Å². The van der Waals surface area contributed by atoms with E-state index in [2.05, 4.69) is 18.4 Å². The summed E-state index contributed by atoms with van der Waals surface area (Å²) in [5.74, 6) is 0.104. The van der Waals surface area contributed by atoms with Crippen molar-refractivity contribution in [2.24, 2.45) is 0 Å². The summed E-state index contributed by atoms with van der Waals surface area (Å²) in [6.45, 7) is 10.3. The highest BCUT2D eigenvalue weighted by Crippen LogP contribution is 2.15. The Balaban J connectivity index is 2.16. The average molecular weight is 244 g/mol. The molecule has 0 aliphatic carbocycles. The summed E-state index contributed by atoms with van der Waals surface area (Å²) in [5, 5.41) is 0. The SMILES string of the molecule is C=C1CN(C(=O)c2ccc(C)c(C)c2)CCN1C. The number of hydrogen-bond donors (Lipinski definition) is 0. The van der Waals surface area contributed by atoms with Crippen LogP contribution in [0.2, 0.25) is 0 Å². The second kappa shape index (κ2) is 4.84. The van der Waals surface area contributed by atoms with Gasteiger partial charge in [-0.05, 0) is 37.1 Å². The molecule has 1 aromatic rings. The maximum atomic E-state index is 12.4. The predicted octanol–water partition coefficient (Wildman–Crippen LogP) is 2.20. The first kappa shape index (κ1) is 12.7. The summed E-state index contributed by atoms with van der Waals surface area (Å²) in [6.07, 6.45) is 0.